The molecule has 0 aliphatic rings. The summed E-state index contributed by atoms with van der Waals surface area (Å²) < 4.78 is 39.8. The zero-order chi connectivity index (χ0) is 14.3. The number of aromatic nitrogens is 3. The molecule has 0 aliphatic heterocycles. The molecule has 0 radical (unpaired) electrons. The van der Waals surface area contributed by atoms with Crippen molar-refractivity contribution >= 4 is 27.0 Å². The zero-order valence-corrected chi connectivity index (χ0v) is 11.5. The van der Waals surface area contributed by atoms with Gasteiger partial charge in [0.25, 0.3) is 0 Å². The second kappa shape index (κ2) is 4.59. The third kappa shape index (κ3) is 2.29. The van der Waals surface area contributed by atoms with Crippen LogP contribution in [0.25, 0.3) is 22.4 Å². The molecule has 0 saturated heterocycles. The molecule has 20 heavy (non-hydrogen) atoms. The lowest BCUT2D eigenvalue weighted by Gasteiger charge is -2.09. The largest absolute Gasteiger partial charge is 0.417 e. The van der Waals surface area contributed by atoms with Crippen molar-refractivity contribution in [1.82, 2.24) is 15.0 Å². The van der Waals surface area contributed by atoms with Gasteiger partial charge < -0.3 is 4.98 Å². The van der Waals surface area contributed by atoms with Gasteiger partial charge in [0, 0.05) is 22.4 Å². The maximum atomic E-state index is 13.0. The molecule has 0 aliphatic carbocycles. The first-order valence-corrected chi connectivity index (χ1v) is 6.41. The third-order valence-electron chi connectivity index (χ3n) is 2.83. The standard InChI is InChI=1S/C13H7BrF3N3/c14-7-1-2-10-11(5-7)20-12(19-10)8-6-18-4-3-9(8)13(15,16)17/h1-6H,(H,19,20). The Kier molecular flexibility index (Phi) is 3.01. The molecule has 1 N–H and O–H groups in total. The van der Waals surface area contributed by atoms with Crippen molar-refractivity contribution in [2.75, 3.05) is 0 Å². The van der Waals surface area contributed by atoms with Gasteiger partial charge in [0.2, 0.25) is 0 Å². The number of aromatic amines is 1. The molecule has 0 saturated carbocycles. The minimum absolute atomic E-state index is 0.0627. The summed E-state index contributed by atoms with van der Waals surface area (Å²) in [5, 5.41) is 0. The lowest BCUT2D eigenvalue weighted by Crippen LogP contribution is -2.07. The summed E-state index contributed by atoms with van der Waals surface area (Å²) in [7, 11) is 0. The molecule has 3 rings (SSSR count). The summed E-state index contributed by atoms with van der Waals surface area (Å²) in [5.41, 5.74) is 0.435. The molecule has 2 heterocycles. The van der Waals surface area contributed by atoms with E-state index in [-0.39, 0.29) is 11.4 Å². The van der Waals surface area contributed by atoms with Crippen LogP contribution >= 0.6 is 15.9 Å². The van der Waals surface area contributed by atoms with E-state index in [2.05, 4.69) is 30.9 Å². The van der Waals surface area contributed by atoms with E-state index >= 15 is 0 Å². The van der Waals surface area contributed by atoms with Crippen molar-refractivity contribution in [3.8, 4) is 11.4 Å². The number of nitrogens with one attached hydrogen (secondary N) is 1. The van der Waals surface area contributed by atoms with Crippen molar-refractivity contribution < 1.29 is 13.2 Å². The average molecular weight is 342 g/mol. The first-order valence-electron chi connectivity index (χ1n) is 5.62. The van der Waals surface area contributed by atoms with Gasteiger partial charge in [-0.05, 0) is 24.3 Å². The van der Waals surface area contributed by atoms with Crippen LogP contribution in [0.3, 0.4) is 0 Å². The molecule has 1 aromatic carbocycles. The Morgan fingerprint density at radius 1 is 1.15 bits per heavy atom. The number of imidazole rings is 1. The van der Waals surface area contributed by atoms with Gasteiger partial charge >= 0.3 is 6.18 Å². The van der Waals surface area contributed by atoms with Crippen LogP contribution in [0.15, 0.2) is 41.1 Å². The summed E-state index contributed by atoms with van der Waals surface area (Å²) in [4.78, 5) is 10.8. The van der Waals surface area contributed by atoms with Gasteiger partial charge in [-0.3, -0.25) is 4.98 Å². The number of hydrogen-bond donors (Lipinski definition) is 1. The zero-order valence-electron chi connectivity index (χ0n) is 9.87. The Bertz CT molecular complexity index is 780. The van der Waals surface area contributed by atoms with Crippen molar-refractivity contribution in [3.63, 3.8) is 0 Å². The van der Waals surface area contributed by atoms with Crippen molar-refractivity contribution in [3.05, 3.63) is 46.7 Å². The van der Waals surface area contributed by atoms with E-state index in [1.165, 1.54) is 0 Å². The highest BCUT2D eigenvalue weighted by Crippen LogP contribution is 2.36. The summed E-state index contributed by atoms with van der Waals surface area (Å²) >= 11 is 3.30. The second-order valence-corrected chi connectivity index (χ2v) is 5.08. The lowest BCUT2D eigenvalue weighted by molar-refractivity contribution is -0.137. The lowest BCUT2D eigenvalue weighted by atomic mass is 10.1. The number of rotatable bonds is 1. The molecule has 0 bridgehead atoms. The number of nitrogens with zero attached hydrogens (tertiary/aromatic N) is 2. The van der Waals surface area contributed by atoms with Crippen LogP contribution in [0.5, 0.6) is 0 Å². The molecule has 0 unspecified atom stereocenters. The number of fused-ring (bicyclic) bond motifs is 1. The maximum absolute atomic E-state index is 13.0. The molecule has 3 nitrogen and oxygen atoms in total. The molecule has 3 aromatic rings. The Hall–Kier alpha value is -1.89. The normalized spacial score (nSPS) is 12.0. The van der Waals surface area contributed by atoms with Crippen LogP contribution < -0.4 is 0 Å². The van der Waals surface area contributed by atoms with Gasteiger partial charge in [-0.15, -0.1) is 0 Å². The quantitative estimate of drug-likeness (QED) is 0.712. The number of hydrogen-bond acceptors (Lipinski definition) is 2. The van der Waals surface area contributed by atoms with Crippen LogP contribution in [0, 0.1) is 0 Å². The summed E-state index contributed by atoms with van der Waals surface area (Å²) in [6.45, 7) is 0. The topological polar surface area (TPSA) is 41.6 Å². The number of benzene rings is 1. The highest BCUT2D eigenvalue weighted by molar-refractivity contribution is 9.10. The molecule has 7 heteroatoms. The highest BCUT2D eigenvalue weighted by Gasteiger charge is 2.34. The van der Waals surface area contributed by atoms with E-state index in [9.17, 15) is 13.2 Å². The fraction of sp³-hybridized carbons (Fsp3) is 0.0769. The third-order valence-corrected chi connectivity index (χ3v) is 3.32. The Morgan fingerprint density at radius 2 is 1.95 bits per heavy atom. The SMILES string of the molecule is FC(F)(F)c1ccncc1-c1nc2ccc(Br)cc2[nH]1. The van der Waals surface area contributed by atoms with Crippen LogP contribution in [0.2, 0.25) is 0 Å². The minimum Gasteiger partial charge on any atom is -0.338 e. The molecule has 0 spiro atoms. The summed E-state index contributed by atoms with van der Waals surface area (Å²) in [5.74, 6) is 0.151. The van der Waals surface area contributed by atoms with Gasteiger partial charge in [-0.1, -0.05) is 15.9 Å². The van der Waals surface area contributed by atoms with E-state index in [4.69, 9.17) is 0 Å². The van der Waals surface area contributed by atoms with Crippen molar-refractivity contribution in [1.29, 1.82) is 0 Å². The van der Waals surface area contributed by atoms with Crippen LogP contribution in [0.4, 0.5) is 13.2 Å². The number of alkyl halides is 3. The molecule has 2 aromatic heterocycles. The van der Waals surface area contributed by atoms with E-state index < -0.39 is 11.7 Å². The average Bonchev–Trinajstić information content (AvgIpc) is 2.80. The minimum atomic E-state index is -4.45. The van der Waals surface area contributed by atoms with Gasteiger partial charge in [0.1, 0.15) is 5.82 Å². The van der Waals surface area contributed by atoms with Gasteiger partial charge in [0.05, 0.1) is 16.6 Å². The van der Waals surface area contributed by atoms with Crippen LogP contribution in [0.1, 0.15) is 5.56 Å². The first-order chi connectivity index (χ1) is 9.45. The Labute approximate surface area is 120 Å². The number of pyridine rings is 1. The van der Waals surface area contributed by atoms with Gasteiger partial charge in [0.15, 0.2) is 0 Å². The summed E-state index contributed by atoms with van der Waals surface area (Å²) in [6, 6.07) is 6.21. The van der Waals surface area contributed by atoms with Crippen molar-refractivity contribution in [2.45, 2.75) is 6.18 Å². The van der Waals surface area contributed by atoms with Crippen molar-refractivity contribution in [2.24, 2.45) is 0 Å². The van der Waals surface area contributed by atoms with Crippen LogP contribution in [-0.4, -0.2) is 15.0 Å². The first kappa shape index (κ1) is 13.1. The monoisotopic (exact) mass is 341 g/mol. The van der Waals surface area contributed by atoms with Gasteiger partial charge in [-0.2, -0.15) is 13.2 Å². The van der Waals surface area contributed by atoms with E-state index in [1.54, 1.807) is 18.2 Å². The highest BCUT2D eigenvalue weighted by atomic mass is 79.9. The fourth-order valence-electron chi connectivity index (χ4n) is 1.94. The smallest absolute Gasteiger partial charge is 0.338 e. The molecular weight excluding hydrogens is 335 g/mol. The number of halogens is 4. The van der Waals surface area contributed by atoms with E-state index in [0.717, 1.165) is 22.9 Å². The molecule has 102 valence electrons. The molecule has 0 amide bonds. The predicted molar refractivity (Wildman–Crippen MR) is 72.0 cm³/mol. The predicted octanol–water partition coefficient (Wildman–Crippen LogP) is 4.41. The Balaban J connectivity index is 2.21. The molecule has 0 fully saturated rings. The van der Waals surface area contributed by atoms with E-state index in [0.29, 0.717) is 11.0 Å². The van der Waals surface area contributed by atoms with Crippen LogP contribution in [-0.2, 0) is 6.18 Å². The summed E-state index contributed by atoms with van der Waals surface area (Å²) in [6.07, 6.45) is -2.17. The fourth-order valence-corrected chi connectivity index (χ4v) is 2.30. The van der Waals surface area contributed by atoms with E-state index in [1.807, 2.05) is 0 Å². The molecule has 0 atom stereocenters. The molecular formula is C13H7BrF3N3. The Morgan fingerprint density at radius 3 is 2.70 bits per heavy atom. The number of H-pyrrole nitrogens is 1. The second-order valence-electron chi connectivity index (χ2n) is 4.17. The maximum Gasteiger partial charge on any atom is 0.417 e. The van der Waals surface area contributed by atoms with Gasteiger partial charge in [-0.25, -0.2) is 4.98 Å².